The van der Waals surface area contributed by atoms with Crippen molar-refractivity contribution < 1.29 is 70.3 Å². The predicted molar refractivity (Wildman–Crippen MR) is 195 cm³/mol. The first-order valence-corrected chi connectivity index (χ1v) is 20.3. The summed E-state index contributed by atoms with van der Waals surface area (Å²) in [4.78, 5) is 103. The average molecular weight is 845 g/mol. The molecule has 6 aliphatic heterocycles. The largest absolute Gasteiger partial charge is 0.444 e. The molecule has 4 bridgehead atoms. The molecule has 8 amide bonds. The van der Waals surface area contributed by atoms with E-state index in [0.29, 0.717) is 29.5 Å². The molecule has 0 radical (unpaired) electrons. The van der Waals surface area contributed by atoms with Crippen LogP contribution in [0.25, 0.3) is 0 Å². The van der Waals surface area contributed by atoms with Crippen LogP contribution in [0.5, 0.6) is 0 Å². The molecule has 6 fully saturated rings. The molecule has 6 heterocycles. The standard InChI is InChI=1S/C17H26N4O9S.C17H26N4O6/c1-17(2,3)29-16(25)19-7-10(8-19)13(22)6-18-14(23)12-5-4-11-9-20(12)15(24)21(11)30-31(26,27)28;1-17(2,3)27-16(25)19-7-10(8-19)13(22)6-18-14(23)12-5-4-11-9-20(12)15(24)21(11)26/h10-12H,4-9H2,1-3H3,(H,18,23)(H,26,27,28);10-12,26H,4-9H2,1-3H3,(H,18,23)/t2*11-,12+/m11/s1. The van der Waals surface area contributed by atoms with Gasteiger partial charge in [-0.2, -0.15) is 13.5 Å². The van der Waals surface area contributed by atoms with Gasteiger partial charge in [0.05, 0.1) is 37.0 Å². The van der Waals surface area contributed by atoms with E-state index in [1.165, 1.54) is 14.7 Å². The minimum atomic E-state index is -4.87. The van der Waals surface area contributed by atoms with Crippen molar-refractivity contribution in [3.63, 3.8) is 0 Å². The van der Waals surface area contributed by atoms with E-state index in [2.05, 4.69) is 14.9 Å². The Labute approximate surface area is 335 Å². The Kier molecular flexibility index (Phi) is 12.8. The van der Waals surface area contributed by atoms with Crippen LogP contribution < -0.4 is 10.6 Å². The van der Waals surface area contributed by atoms with E-state index in [4.69, 9.17) is 14.0 Å². The van der Waals surface area contributed by atoms with Crippen LogP contribution in [-0.4, -0.2) is 183 Å². The molecule has 6 aliphatic rings. The van der Waals surface area contributed by atoms with E-state index >= 15 is 0 Å². The van der Waals surface area contributed by atoms with Gasteiger partial charge in [-0.25, -0.2) is 24.2 Å². The number of hydrogen-bond donors (Lipinski definition) is 4. The summed E-state index contributed by atoms with van der Waals surface area (Å²) in [5.74, 6) is -2.07. The van der Waals surface area contributed by atoms with Crippen LogP contribution in [0.4, 0.5) is 19.2 Å². The van der Waals surface area contributed by atoms with Gasteiger partial charge in [-0.1, -0.05) is 0 Å². The van der Waals surface area contributed by atoms with Crippen LogP contribution in [0, 0.1) is 11.8 Å². The third-order valence-corrected chi connectivity index (χ3v) is 10.6. The molecule has 0 aliphatic carbocycles. The number of carbonyl (C=O) groups excluding carboxylic acids is 8. The van der Waals surface area contributed by atoms with Gasteiger partial charge in [0.25, 0.3) is 0 Å². The molecule has 58 heavy (non-hydrogen) atoms. The quantitative estimate of drug-likeness (QED) is 0.163. The molecule has 4 atom stereocenters. The second kappa shape index (κ2) is 16.8. The molecule has 0 aromatic rings. The van der Waals surface area contributed by atoms with Crippen molar-refractivity contribution >= 4 is 58.0 Å². The van der Waals surface area contributed by atoms with E-state index in [-0.39, 0.29) is 82.2 Å². The van der Waals surface area contributed by atoms with Gasteiger partial charge in [0, 0.05) is 39.3 Å². The van der Waals surface area contributed by atoms with Gasteiger partial charge in [-0.05, 0) is 67.2 Å². The van der Waals surface area contributed by atoms with Crippen molar-refractivity contribution in [2.45, 2.75) is 103 Å². The molecule has 24 heteroatoms. The number of hydroxylamine groups is 4. The number of amides is 8. The third-order valence-electron chi connectivity index (χ3n) is 10.3. The number of nitrogens with zero attached hydrogens (tertiary/aromatic N) is 6. The lowest BCUT2D eigenvalue weighted by Crippen LogP contribution is -2.56. The number of rotatable bonds is 10. The van der Waals surface area contributed by atoms with Crippen LogP contribution in [0.3, 0.4) is 0 Å². The molecular weight excluding hydrogens is 792 g/mol. The summed E-state index contributed by atoms with van der Waals surface area (Å²) in [5.41, 5.74) is -1.22. The molecule has 0 unspecified atom stereocenters. The van der Waals surface area contributed by atoms with Crippen LogP contribution in [0.15, 0.2) is 0 Å². The lowest BCUT2D eigenvalue weighted by atomic mass is 9.95. The third kappa shape index (κ3) is 10.6. The van der Waals surface area contributed by atoms with Gasteiger partial charge in [-0.3, -0.25) is 28.9 Å². The summed E-state index contributed by atoms with van der Waals surface area (Å²) >= 11 is 0. The summed E-state index contributed by atoms with van der Waals surface area (Å²) in [7, 11) is -4.87. The van der Waals surface area contributed by atoms with Gasteiger partial charge >= 0.3 is 34.6 Å². The Balaban J connectivity index is 0.000000223. The molecular formula is C34H52N8O15S. The van der Waals surface area contributed by atoms with E-state index in [1.807, 2.05) is 0 Å². The monoisotopic (exact) mass is 844 g/mol. The second-order valence-corrected chi connectivity index (χ2v) is 18.1. The van der Waals surface area contributed by atoms with Gasteiger partial charge in [0.15, 0.2) is 11.6 Å². The lowest BCUT2D eigenvalue weighted by molar-refractivity contribution is -0.132. The van der Waals surface area contributed by atoms with Crippen LogP contribution >= 0.6 is 0 Å². The number of piperidine rings is 2. The maximum Gasteiger partial charge on any atom is 0.418 e. The lowest BCUT2D eigenvalue weighted by Gasteiger charge is -2.39. The Morgan fingerprint density at radius 2 is 1.05 bits per heavy atom. The number of carbonyl (C=O) groups is 8. The number of urea groups is 2. The Morgan fingerprint density at radius 3 is 1.47 bits per heavy atom. The van der Waals surface area contributed by atoms with Crippen molar-refractivity contribution in [3.8, 4) is 0 Å². The fourth-order valence-electron chi connectivity index (χ4n) is 7.22. The zero-order valence-corrected chi connectivity index (χ0v) is 34.1. The smallest absolute Gasteiger partial charge is 0.418 e. The summed E-state index contributed by atoms with van der Waals surface area (Å²) < 4.78 is 45.4. The zero-order chi connectivity index (χ0) is 43.1. The molecule has 6 saturated heterocycles. The van der Waals surface area contributed by atoms with E-state index in [9.17, 15) is 52.0 Å². The summed E-state index contributed by atoms with van der Waals surface area (Å²) in [6.07, 6.45) is 0.575. The van der Waals surface area contributed by atoms with Gasteiger partial charge in [0.2, 0.25) is 11.8 Å². The van der Waals surface area contributed by atoms with Crippen molar-refractivity contribution in [1.82, 2.24) is 40.4 Å². The van der Waals surface area contributed by atoms with Crippen molar-refractivity contribution in [3.05, 3.63) is 0 Å². The fraction of sp³-hybridized carbons (Fsp3) is 0.765. The molecule has 4 N–H and O–H groups in total. The minimum Gasteiger partial charge on any atom is -0.444 e. The van der Waals surface area contributed by atoms with E-state index in [1.54, 1.807) is 41.5 Å². The average Bonchev–Trinajstić information content (AvgIpc) is 3.41. The summed E-state index contributed by atoms with van der Waals surface area (Å²) in [6, 6.07) is -3.84. The maximum absolute atomic E-state index is 12.5. The number of fused-ring (bicyclic) bond motifs is 4. The molecule has 6 rings (SSSR count). The van der Waals surface area contributed by atoms with Crippen molar-refractivity contribution in [2.75, 3.05) is 52.4 Å². The van der Waals surface area contributed by atoms with Crippen LogP contribution in [0.1, 0.15) is 67.2 Å². The molecule has 23 nitrogen and oxygen atoms in total. The first-order valence-electron chi connectivity index (χ1n) is 18.9. The summed E-state index contributed by atoms with van der Waals surface area (Å²) in [5, 5.41) is 16.0. The highest BCUT2D eigenvalue weighted by atomic mass is 32.3. The highest BCUT2D eigenvalue weighted by molar-refractivity contribution is 7.80. The highest BCUT2D eigenvalue weighted by Crippen LogP contribution is 2.31. The normalized spacial score (nSPS) is 24.7. The number of likely N-dealkylation sites (tertiary alicyclic amines) is 2. The van der Waals surface area contributed by atoms with Gasteiger partial charge in [0.1, 0.15) is 23.3 Å². The first kappa shape index (κ1) is 44.3. The molecule has 324 valence electrons. The second-order valence-electron chi connectivity index (χ2n) is 17.1. The van der Waals surface area contributed by atoms with Crippen LogP contribution in [-0.2, 0) is 43.3 Å². The molecule has 0 spiro atoms. The number of ether oxygens (including phenoxy) is 2. The number of ketones is 2. The van der Waals surface area contributed by atoms with Crippen molar-refractivity contribution in [2.24, 2.45) is 11.8 Å². The number of nitrogens with one attached hydrogen (secondary N) is 2. The molecule has 0 aromatic carbocycles. The molecule has 0 aromatic heterocycles. The van der Waals surface area contributed by atoms with E-state index < -0.39 is 81.7 Å². The maximum atomic E-state index is 12.5. The number of Topliss-reactive ketones (excluding diaryl/α,β-unsaturated/α-hetero) is 2. The Hall–Kier alpha value is -4.81. The number of hydrogen-bond acceptors (Lipinski definition) is 14. The predicted octanol–water partition coefficient (Wildman–Crippen LogP) is -0.262. The highest BCUT2D eigenvalue weighted by Gasteiger charge is 2.50. The zero-order valence-electron chi connectivity index (χ0n) is 33.2. The van der Waals surface area contributed by atoms with Gasteiger partial charge in [-0.15, -0.1) is 4.28 Å². The topological polar surface area (TPSA) is 282 Å². The summed E-state index contributed by atoms with van der Waals surface area (Å²) in [6.45, 7) is 11.5. The van der Waals surface area contributed by atoms with Crippen LogP contribution in [0.2, 0.25) is 0 Å². The molecule has 0 saturated carbocycles. The Morgan fingerprint density at radius 1 is 0.655 bits per heavy atom. The SMILES string of the molecule is CC(C)(C)OC(=O)N1CC(C(=O)CNC(=O)[C@@H]2CC[C@@H]3CN2C(=O)N3O)C1.CC(C)(C)OC(=O)N1CC(C(=O)CNC(=O)[C@@H]2CC[C@@H]3CN2C(=O)N3OS(=O)(=O)O)C1. The fourth-order valence-corrected chi connectivity index (χ4v) is 7.60. The van der Waals surface area contributed by atoms with Crippen molar-refractivity contribution in [1.29, 1.82) is 0 Å². The Bertz CT molecular complexity index is 1790. The first-order chi connectivity index (χ1) is 26.8. The van der Waals surface area contributed by atoms with E-state index in [0.717, 1.165) is 4.90 Å². The minimum absolute atomic E-state index is 0.0634. The van der Waals surface area contributed by atoms with Gasteiger partial charge < -0.3 is 39.7 Å².